The second-order valence-corrected chi connectivity index (χ2v) is 5.26. The number of carbonyl (C=O) groups is 1. The molecule has 0 atom stereocenters. The zero-order chi connectivity index (χ0) is 15.4. The molecular weight excluding hydrogens is 338 g/mol. The number of nitrogens with zero attached hydrogens (tertiary/aromatic N) is 2. The molecule has 0 aliphatic rings. The van der Waals surface area contributed by atoms with Crippen molar-refractivity contribution < 1.29 is 9.72 Å². The molecule has 6 nitrogen and oxygen atoms in total. The molecule has 1 aromatic carbocycles. The molecule has 1 heterocycles. The van der Waals surface area contributed by atoms with Crippen LogP contribution in [-0.2, 0) is 6.54 Å². The minimum atomic E-state index is -0.534. The largest absolute Gasteiger partial charge is 0.348 e. The summed E-state index contributed by atoms with van der Waals surface area (Å²) in [6, 6.07) is 6.09. The van der Waals surface area contributed by atoms with Crippen molar-refractivity contribution in [2.24, 2.45) is 0 Å². The van der Waals surface area contributed by atoms with Gasteiger partial charge in [-0.2, -0.15) is 0 Å². The van der Waals surface area contributed by atoms with Crippen molar-refractivity contribution in [3.63, 3.8) is 0 Å². The van der Waals surface area contributed by atoms with Gasteiger partial charge in [0.15, 0.2) is 0 Å². The Kier molecular flexibility index (Phi) is 4.64. The van der Waals surface area contributed by atoms with Crippen LogP contribution in [0.25, 0.3) is 0 Å². The van der Waals surface area contributed by atoms with E-state index in [9.17, 15) is 14.9 Å². The summed E-state index contributed by atoms with van der Waals surface area (Å²) in [5.74, 6) is -0.359. The lowest BCUT2D eigenvalue weighted by Gasteiger charge is -2.07. The number of pyridine rings is 1. The number of nitrogens with one attached hydrogen (secondary N) is 1. The predicted molar refractivity (Wildman–Crippen MR) is 80.9 cm³/mol. The Morgan fingerprint density at radius 1 is 1.43 bits per heavy atom. The topological polar surface area (TPSA) is 85.1 Å². The van der Waals surface area contributed by atoms with E-state index >= 15 is 0 Å². The van der Waals surface area contributed by atoms with Gasteiger partial charge in [0.2, 0.25) is 0 Å². The summed E-state index contributed by atoms with van der Waals surface area (Å²) in [6.45, 7) is 2.25. The first-order valence-corrected chi connectivity index (χ1v) is 6.90. The number of benzene rings is 1. The number of nitro benzene ring substituents is 1. The number of carbonyl (C=O) groups excluding carboxylic acids is 1. The zero-order valence-corrected chi connectivity index (χ0v) is 12.8. The smallest absolute Gasteiger partial charge is 0.284 e. The number of nitro groups is 1. The Labute approximate surface area is 129 Å². The highest BCUT2D eigenvalue weighted by Crippen LogP contribution is 2.25. The van der Waals surface area contributed by atoms with Crippen LogP contribution in [0.4, 0.5) is 5.69 Å². The van der Waals surface area contributed by atoms with E-state index < -0.39 is 4.92 Å². The fourth-order valence-corrected chi connectivity index (χ4v) is 2.16. The summed E-state index contributed by atoms with van der Waals surface area (Å²) >= 11 is 3.09. The van der Waals surface area contributed by atoms with Crippen molar-refractivity contribution in [1.29, 1.82) is 0 Å². The van der Waals surface area contributed by atoms with Crippen molar-refractivity contribution in [2.75, 3.05) is 0 Å². The van der Waals surface area contributed by atoms with E-state index in [0.29, 0.717) is 11.0 Å². The first kappa shape index (κ1) is 15.1. The summed E-state index contributed by atoms with van der Waals surface area (Å²) in [5, 5.41) is 13.6. The average Bonchev–Trinajstić information content (AvgIpc) is 2.46. The third-order valence-corrected chi connectivity index (χ3v) is 3.65. The maximum Gasteiger partial charge on any atom is 0.284 e. The van der Waals surface area contributed by atoms with E-state index in [1.165, 1.54) is 18.2 Å². The van der Waals surface area contributed by atoms with Crippen LogP contribution >= 0.6 is 15.9 Å². The highest BCUT2D eigenvalue weighted by molar-refractivity contribution is 9.10. The van der Waals surface area contributed by atoms with Crippen LogP contribution in [0, 0.1) is 17.0 Å². The molecule has 1 aromatic heterocycles. The van der Waals surface area contributed by atoms with E-state index in [2.05, 4.69) is 26.2 Å². The van der Waals surface area contributed by atoms with Gasteiger partial charge >= 0.3 is 0 Å². The predicted octanol–water partition coefficient (Wildman–Crippen LogP) is 2.99. The highest BCUT2D eigenvalue weighted by atomic mass is 79.9. The Bertz CT molecular complexity index is 704. The minimum absolute atomic E-state index is 0.136. The van der Waals surface area contributed by atoms with E-state index in [-0.39, 0.29) is 17.2 Å². The standard InChI is InChI=1S/C14H12BrN3O3/c1-9-7-16-5-4-11(9)8-17-14(19)10-2-3-12(15)13(6-10)18(20)21/h2-7H,8H2,1H3,(H,17,19). The molecular formula is C14H12BrN3O3. The first-order valence-electron chi connectivity index (χ1n) is 6.10. The molecule has 2 aromatic rings. The van der Waals surface area contributed by atoms with E-state index in [0.717, 1.165) is 11.1 Å². The zero-order valence-electron chi connectivity index (χ0n) is 11.2. The Morgan fingerprint density at radius 3 is 2.86 bits per heavy atom. The molecule has 0 aliphatic carbocycles. The summed E-state index contributed by atoms with van der Waals surface area (Å²) < 4.78 is 0.342. The molecule has 0 unspecified atom stereocenters. The van der Waals surface area contributed by atoms with Gasteiger partial charge in [-0.1, -0.05) is 0 Å². The SMILES string of the molecule is Cc1cnccc1CNC(=O)c1ccc(Br)c([N+](=O)[O-])c1. The van der Waals surface area contributed by atoms with Gasteiger partial charge in [-0.15, -0.1) is 0 Å². The van der Waals surface area contributed by atoms with Gasteiger partial charge in [-0.25, -0.2) is 0 Å². The molecule has 0 bridgehead atoms. The van der Waals surface area contributed by atoms with E-state index in [1.54, 1.807) is 12.4 Å². The van der Waals surface area contributed by atoms with Gasteiger partial charge < -0.3 is 5.32 Å². The number of halogens is 1. The number of amides is 1. The van der Waals surface area contributed by atoms with Crippen molar-refractivity contribution in [1.82, 2.24) is 10.3 Å². The van der Waals surface area contributed by atoms with Gasteiger partial charge in [-0.05, 0) is 52.2 Å². The van der Waals surface area contributed by atoms with Gasteiger partial charge in [0.1, 0.15) is 0 Å². The van der Waals surface area contributed by atoms with Gasteiger partial charge in [0, 0.05) is 30.6 Å². The average molecular weight is 350 g/mol. The highest BCUT2D eigenvalue weighted by Gasteiger charge is 2.15. The Morgan fingerprint density at radius 2 is 2.19 bits per heavy atom. The molecule has 0 saturated heterocycles. The van der Waals surface area contributed by atoms with Gasteiger partial charge in [-0.3, -0.25) is 19.9 Å². The molecule has 1 N–H and O–H groups in total. The maximum absolute atomic E-state index is 12.1. The fraction of sp³-hybridized carbons (Fsp3) is 0.143. The van der Waals surface area contributed by atoms with Crippen LogP contribution in [0.5, 0.6) is 0 Å². The first-order chi connectivity index (χ1) is 9.99. The van der Waals surface area contributed by atoms with Crippen LogP contribution < -0.4 is 5.32 Å². The Hall–Kier alpha value is -2.28. The number of hydrogen-bond acceptors (Lipinski definition) is 4. The molecule has 1 amide bonds. The molecule has 7 heteroatoms. The van der Waals surface area contributed by atoms with Gasteiger partial charge in [0.25, 0.3) is 11.6 Å². The number of hydrogen-bond donors (Lipinski definition) is 1. The lowest BCUT2D eigenvalue weighted by atomic mass is 10.1. The van der Waals surface area contributed by atoms with E-state index in [1.807, 2.05) is 13.0 Å². The number of rotatable bonds is 4. The molecule has 0 aliphatic heterocycles. The molecule has 21 heavy (non-hydrogen) atoms. The lowest BCUT2D eigenvalue weighted by molar-refractivity contribution is -0.385. The quantitative estimate of drug-likeness (QED) is 0.679. The summed E-state index contributed by atoms with van der Waals surface area (Å²) in [6.07, 6.45) is 3.37. The van der Waals surface area contributed by atoms with Crippen LogP contribution in [0.1, 0.15) is 21.5 Å². The molecule has 0 spiro atoms. The van der Waals surface area contributed by atoms with E-state index in [4.69, 9.17) is 0 Å². The van der Waals surface area contributed by atoms with Crippen LogP contribution in [0.3, 0.4) is 0 Å². The molecule has 0 radical (unpaired) electrons. The molecule has 2 rings (SSSR count). The lowest BCUT2D eigenvalue weighted by Crippen LogP contribution is -2.23. The van der Waals surface area contributed by atoms with Crippen molar-refractivity contribution in [2.45, 2.75) is 13.5 Å². The van der Waals surface area contributed by atoms with Crippen LogP contribution in [-0.4, -0.2) is 15.8 Å². The third kappa shape index (κ3) is 3.63. The second-order valence-electron chi connectivity index (χ2n) is 4.41. The van der Waals surface area contributed by atoms with Gasteiger partial charge in [0.05, 0.1) is 9.40 Å². The summed E-state index contributed by atoms with van der Waals surface area (Å²) in [7, 11) is 0. The monoisotopic (exact) mass is 349 g/mol. The van der Waals surface area contributed by atoms with Crippen molar-refractivity contribution in [3.05, 3.63) is 67.9 Å². The second kappa shape index (κ2) is 6.45. The molecule has 0 saturated carbocycles. The van der Waals surface area contributed by atoms with Crippen molar-refractivity contribution >= 4 is 27.5 Å². The Balaban J connectivity index is 2.12. The molecule has 108 valence electrons. The van der Waals surface area contributed by atoms with Crippen LogP contribution in [0.15, 0.2) is 41.1 Å². The fourth-order valence-electron chi connectivity index (χ4n) is 1.77. The molecule has 0 fully saturated rings. The van der Waals surface area contributed by atoms with Crippen LogP contribution in [0.2, 0.25) is 0 Å². The number of aryl methyl sites for hydroxylation is 1. The summed E-state index contributed by atoms with van der Waals surface area (Å²) in [5.41, 5.74) is 2.03. The normalized spacial score (nSPS) is 10.2. The van der Waals surface area contributed by atoms with Crippen molar-refractivity contribution in [3.8, 4) is 0 Å². The maximum atomic E-state index is 12.1. The third-order valence-electron chi connectivity index (χ3n) is 2.98. The summed E-state index contributed by atoms with van der Waals surface area (Å²) in [4.78, 5) is 26.4. The number of aromatic nitrogens is 1. The minimum Gasteiger partial charge on any atom is -0.348 e.